The average Bonchev–Trinajstić information content (AvgIpc) is 2.47. The number of phenols is 1. The minimum Gasteiger partial charge on any atom is -0.508 e. The number of imidazole rings is 1. The second kappa shape index (κ2) is 45.2. The van der Waals surface area contributed by atoms with E-state index < -0.39 is 95.6 Å². The van der Waals surface area contributed by atoms with Crippen molar-refractivity contribution in [3.05, 3.63) is 83.9 Å². The first-order chi connectivity index (χ1) is 44.5. The Bertz CT molecular complexity index is 2710. The van der Waals surface area contributed by atoms with Gasteiger partial charge in [-0.15, -0.1) is 0 Å². The van der Waals surface area contributed by atoms with Crippen LogP contribution in [0.25, 0.3) is 0 Å². The van der Waals surface area contributed by atoms with Crippen molar-refractivity contribution in [3.8, 4) is 5.75 Å². The minimum atomic E-state index is -1.38. The predicted molar refractivity (Wildman–Crippen MR) is 361 cm³/mol. The van der Waals surface area contributed by atoms with E-state index in [2.05, 4.69) is 70.1 Å². The van der Waals surface area contributed by atoms with Crippen LogP contribution in [0.3, 0.4) is 0 Å². The summed E-state index contributed by atoms with van der Waals surface area (Å²) in [6.07, 6.45) is 19.8. The number of aromatic hydroxyl groups is 1. The second-order valence-electron chi connectivity index (χ2n) is 25.2. The van der Waals surface area contributed by atoms with Gasteiger partial charge in [0.2, 0.25) is 53.2 Å². The number of aromatic nitrogens is 2. The lowest BCUT2D eigenvalue weighted by atomic mass is 10.0. The maximum absolute atomic E-state index is 14.8. The predicted octanol–water partition coefficient (Wildman–Crippen LogP) is 4.75. The number of nitrogens with two attached hydrogens (primary N) is 2. The van der Waals surface area contributed by atoms with Crippen LogP contribution in [-0.4, -0.2) is 143 Å². The van der Waals surface area contributed by atoms with E-state index in [0.717, 1.165) is 19.3 Å². The summed E-state index contributed by atoms with van der Waals surface area (Å²) in [6.45, 7) is 11.6. The lowest BCUT2D eigenvalue weighted by Gasteiger charge is -2.28. The van der Waals surface area contributed by atoms with Gasteiger partial charge >= 0.3 is 0 Å². The first-order valence-corrected chi connectivity index (χ1v) is 33.7. The molecule has 0 fully saturated rings. The van der Waals surface area contributed by atoms with Crippen LogP contribution in [0.1, 0.15) is 193 Å². The maximum atomic E-state index is 14.8. The van der Waals surface area contributed by atoms with E-state index in [1.165, 1.54) is 90.2 Å². The molecule has 0 radical (unpaired) electrons. The number of carbonyl (C=O) groups excluding carboxylic acids is 9. The minimum absolute atomic E-state index is 0.0120. The number of aromatic amines is 1. The first-order valence-electron chi connectivity index (χ1n) is 33.7. The summed E-state index contributed by atoms with van der Waals surface area (Å²) in [4.78, 5) is 134. The molecule has 25 heteroatoms. The summed E-state index contributed by atoms with van der Waals surface area (Å²) in [5.74, 6) is -6.29. The number of guanidine groups is 1. The number of rotatable bonds is 48. The molecule has 0 aliphatic rings. The highest BCUT2D eigenvalue weighted by molar-refractivity contribution is 5.98. The molecule has 0 aliphatic heterocycles. The Balaban J connectivity index is 1.86. The summed E-state index contributed by atoms with van der Waals surface area (Å²) < 4.78 is 0. The second-order valence-corrected chi connectivity index (χ2v) is 25.2. The van der Waals surface area contributed by atoms with Crippen LogP contribution in [0.4, 0.5) is 0 Å². The standard InChI is InChI=1S/C68H111N15O10/c1-8-9-10-11-12-13-14-15-16-17-18-19-23-31-59(85)77-54(38-45(2)3)64(90)76-47(6)60(86)80-56(41-49-32-34-51(84)35-33-49)67(93)82-57(40-48-27-21-20-22-28-48)66(92)79-52(29-24-25-36-69)62(88)78-53(30-26-37-74-68(70)71)63(89)81-55(39-46(4)5)65(91)83-58(61(87)72-7)42-50-43-73-44-75-50/h20-22,27-28,32-35,43-47,52-58,84H,8-19,23-26,29-31,36-42,69H2,1-7H3,(H,72,87)(H,73,75)(H,76,90)(H,77,85)(H,78,88)(H,79,92)(H,80,86)(H,81,89)(H,82,93)(H,83,91)(H4,70,71,74)/t47-,52-,53-,54-,55-,56-,57-,58-/m0/s1. The number of carbonyl (C=O) groups is 9. The average molecular weight is 1300 g/mol. The zero-order chi connectivity index (χ0) is 68.5. The largest absolute Gasteiger partial charge is 0.508 e. The van der Waals surface area contributed by atoms with Crippen LogP contribution >= 0.6 is 0 Å². The van der Waals surface area contributed by atoms with Gasteiger partial charge in [0.15, 0.2) is 5.96 Å². The fourth-order valence-electron chi connectivity index (χ4n) is 10.7. The molecule has 0 saturated heterocycles. The smallest absolute Gasteiger partial charge is 0.243 e. The topological polar surface area (TPSA) is 399 Å². The Kier molecular flexibility index (Phi) is 38.5. The summed E-state index contributed by atoms with van der Waals surface area (Å²) in [5, 5.41) is 45.3. The van der Waals surface area contributed by atoms with Gasteiger partial charge in [-0.1, -0.05) is 154 Å². The van der Waals surface area contributed by atoms with E-state index in [-0.39, 0.29) is 93.9 Å². The molecule has 93 heavy (non-hydrogen) atoms. The zero-order valence-electron chi connectivity index (χ0n) is 56.2. The molecule has 3 rings (SSSR count). The lowest BCUT2D eigenvalue weighted by Crippen LogP contribution is -2.60. The molecule has 1 heterocycles. The number of likely N-dealkylation sites (N-methyl/N-ethyl adjacent to an activating group) is 1. The molecular formula is C68H111N15O10. The van der Waals surface area contributed by atoms with Gasteiger partial charge in [-0.2, -0.15) is 0 Å². The quantitative estimate of drug-likeness (QED) is 0.0206. The number of H-pyrrole nitrogens is 1. The molecule has 0 unspecified atom stereocenters. The van der Waals surface area contributed by atoms with Crippen LogP contribution in [0.15, 0.2) is 67.1 Å². The number of hydrogen-bond acceptors (Lipinski definition) is 13. The molecule has 0 spiro atoms. The number of unbranched alkanes of at least 4 members (excludes halogenated alkanes) is 13. The van der Waals surface area contributed by atoms with Crippen LogP contribution in [0.5, 0.6) is 5.75 Å². The SMILES string of the molecule is CCCCCCCCCCCCCCCC(=O)N[C@@H](CC(C)C)C(=O)N[C@@H](C)C(=O)N[C@@H](Cc1ccc(O)cc1)C(=O)N[C@@H](Cc1ccccc1)C(=O)N[C@@H](CCCCN)C(=O)N[C@@H](CCCNC(=N)N)C(=O)N[C@@H](CC(C)C)C(=O)N[C@@H](Cc1c[nH]cn1)C(=O)NC. The normalized spacial score (nSPS) is 13.8. The van der Waals surface area contributed by atoms with Gasteiger partial charge in [0.1, 0.15) is 54.1 Å². The number of nitrogens with zero attached hydrogens (tertiary/aromatic N) is 1. The molecule has 9 amide bonds. The first kappa shape index (κ1) is 79.1. The van der Waals surface area contributed by atoms with E-state index in [9.17, 15) is 48.3 Å². The van der Waals surface area contributed by atoms with Gasteiger partial charge in [-0.05, 0) is 99.9 Å². The van der Waals surface area contributed by atoms with Crippen molar-refractivity contribution in [2.75, 3.05) is 20.1 Å². The Morgan fingerprint density at radius 1 is 0.505 bits per heavy atom. The number of nitrogens with one attached hydrogen (secondary N) is 12. The Morgan fingerprint density at radius 3 is 1.44 bits per heavy atom. The third kappa shape index (κ3) is 33.4. The van der Waals surface area contributed by atoms with Crippen molar-refractivity contribution in [2.24, 2.45) is 23.3 Å². The Hall–Kier alpha value is -8.09. The molecule has 2 aromatic carbocycles. The van der Waals surface area contributed by atoms with E-state index in [0.29, 0.717) is 42.5 Å². The van der Waals surface area contributed by atoms with Crippen LogP contribution in [0.2, 0.25) is 0 Å². The highest BCUT2D eigenvalue weighted by Crippen LogP contribution is 2.17. The van der Waals surface area contributed by atoms with Crippen LogP contribution in [-0.2, 0) is 62.4 Å². The van der Waals surface area contributed by atoms with Crippen molar-refractivity contribution in [1.82, 2.24) is 63.1 Å². The summed E-state index contributed by atoms with van der Waals surface area (Å²) in [5.41, 5.74) is 13.1. The maximum Gasteiger partial charge on any atom is 0.243 e. The van der Waals surface area contributed by atoms with E-state index >= 15 is 0 Å². The molecule has 17 N–H and O–H groups in total. The fraction of sp³-hybridized carbons (Fsp3) is 0.632. The molecule has 8 atom stereocenters. The van der Waals surface area contributed by atoms with Crippen molar-refractivity contribution in [3.63, 3.8) is 0 Å². The molecule has 0 saturated carbocycles. The van der Waals surface area contributed by atoms with Gasteiger partial charge in [0.25, 0.3) is 0 Å². The van der Waals surface area contributed by atoms with Crippen molar-refractivity contribution < 1.29 is 48.3 Å². The van der Waals surface area contributed by atoms with Gasteiger partial charge < -0.3 is 74.7 Å². The van der Waals surface area contributed by atoms with Crippen molar-refractivity contribution >= 4 is 59.1 Å². The highest BCUT2D eigenvalue weighted by atomic mass is 16.3. The molecule has 25 nitrogen and oxygen atoms in total. The number of benzene rings is 2. The molecule has 3 aromatic rings. The molecule has 518 valence electrons. The Labute approximate surface area is 550 Å². The number of hydrogen-bond donors (Lipinski definition) is 15. The monoisotopic (exact) mass is 1300 g/mol. The molecule has 0 bridgehead atoms. The van der Waals surface area contributed by atoms with Gasteiger partial charge in [0, 0.05) is 45.5 Å². The van der Waals surface area contributed by atoms with E-state index in [1.807, 2.05) is 27.7 Å². The van der Waals surface area contributed by atoms with Crippen LogP contribution in [0, 0.1) is 17.2 Å². The molecule has 1 aromatic heterocycles. The van der Waals surface area contributed by atoms with E-state index in [1.54, 1.807) is 48.7 Å². The highest BCUT2D eigenvalue weighted by Gasteiger charge is 2.35. The summed E-state index contributed by atoms with van der Waals surface area (Å²) in [6, 6.07) is 5.06. The lowest BCUT2D eigenvalue weighted by molar-refractivity contribution is -0.136. The van der Waals surface area contributed by atoms with Gasteiger partial charge in [0.05, 0.1) is 12.0 Å². The molecular weight excluding hydrogens is 1190 g/mol. The number of phenolic OH excluding ortho intramolecular Hbond substituents is 1. The van der Waals surface area contributed by atoms with Crippen LogP contribution < -0.4 is 64.6 Å². The van der Waals surface area contributed by atoms with E-state index in [4.69, 9.17) is 16.9 Å². The summed E-state index contributed by atoms with van der Waals surface area (Å²) >= 11 is 0. The summed E-state index contributed by atoms with van der Waals surface area (Å²) in [7, 11) is 1.43. The number of amides is 9. The van der Waals surface area contributed by atoms with Gasteiger partial charge in [-0.25, -0.2) is 4.98 Å². The van der Waals surface area contributed by atoms with Crippen molar-refractivity contribution in [2.45, 2.75) is 244 Å². The fourth-order valence-corrected chi connectivity index (χ4v) is 10.7. The third-order valence-corrected chi connectivity index (χ3v) is 15.9. The van der Waals surface area contributed by atoms with Gasteiger partial charge in [-0.3, -0.25) is 48.6 Å². The Morgan fingerprint density at radius 2 is 0.946 bits per heavy atom. The zero-order valence-corrected chi connectivity index (χ0v) is 56.2. The van der Waals surface area contributed by atoms with Crippen molar-refractivity contribution in [1.29, 1.82) is 5.41 Å². The third-order valence-electron chi connectivity index (χ3n) is 15.9. The molecule has 0 aliphatic carbocycles.